The Labute approximate surface area is 103 Å². The summed E-state index contributed by atoms with van der Waals surface area (Å²) >= 11 is 3.14. The zero-order valence-electron chi connectivity index (χ0n) is 8.87. The van der Waals surface area contributed by atoms with Gasteiger partial charge in [0.15, 0.2) is 4.67 Å². The van der Waals surface area contributed by atoms with Gasteiger partial charge in [0, 0.05) is 6.54 Å². The number of amides is 1. The lowest BCUT2D eigenvalue weighted by Crippen LogP contribution is -2.27. The highest BCUT2D eigenvalue weighted by Crippen LogP contribution is 2.16. The minimum atomic E-state index is -0.173. The van der Waals surface area contributed by atoms with Crippen molar-refractivity contribution in [3.05, 3.63) is 35.2 Å². The average molecular weight is 288 g/mol. The molecule has 0 saturated carbocycles. The van der Waals surface area contributed by atoms with Crippen molar-refractivity contribution < 1.29 is 13.9 Å². The minimum Gasteiger partial charge on any atom is -0.457 e. The zero-order valence-corrected chi connectivity index (χ0v) is 10.5. The number of carbonyl (C=O) groups excluding carboxylic acids is 1. The predicted octanol–water partition coefficient (Wildman–Crippen LogP) is 2.36. The average Bonchev–Trinajstić information content (AvgIpc) is 2.69. The second kappa shape index (κ2) is 7.24. The minimum absolute atomic E-state index is 0.173. The lowest BCUT2D eigenvalue weighted by Gasteiger charge is -2.04. The highest BCUT2D eigenvalue weighted by Gasteiger charge is 2.11. The van der Waals surface area contributed by atoms with Crippen molar-refractivity contribution >= 4 is 21.8 Å². The van der Waals surface area contributed by atoms with Crippen LogP contribution in [0.3, 0.4) is 0 Å². The number of nitrogens with one attached hydrogen (secondary N) is 1. The molecular weight excluding hydrogens is 274 g/mol. The van der Waals surface area contributed by atoms with Crippen LogP contribution >= 0.6 is 15.9 Å². The van der Waals surface area contributed by atoms with Crippen molar-refractivity contribution in [2.24, 2.45) is 0 Å². The van der Waals surface area contributed by atoms with Gasteiger partial charge in [0.05, 0.1) is 25.0 Å². The fourth-order valence-electron chi connectivity index (χ4n) is 1.06. The number of ether oxygens (including phenoxy) is 1. The van der Waals surface area contributed by atoms with E-state index in [1.807, 2.05) is 0 Å². The number of carbonyl (C=O) groups is 1. The van der Waals surface area contributed by atoms with Crippen LogP contribution in [0.2, 0.25) is 0 Å². The summed E-state index contributed by atoms with van der Waals surface area (Å²) < 4.78 is 10.7. The second-order valence-electron chi connectivity index (χ2n) is 3.05. The van der Waals surface area contributed by atoms with Crippen molar-refractivity contribution in [2.45, 2.75) is 6.42 Å². The Balaban J connectivity index is 2.16. The molecule has 88 valence electrons. The molecule has 0 spiro atoms. The van der Waals surface area contributed by atoms with E-state index >= 15 is 0 Å². The Kier molecular flexibility index (Phi) is 5.88. The monoisotopic (exact) mass is 287 g/mol. The maximum Gasteiger partial charge on any atom is 0.255 e. The highest BCUT2D eigenvalue weighted by atomic mass is 79.9. The number of rotatable bonds is 7. The summed E-state index contributed by atoms with van der Waals surface area (Å²) in [6.45, 7) is 5.19. The first-order valence-electron chi connectivity index (χ1n) is 4.95. The van der Waals surface area contributed by atoms with Gasteiger partial charge in [-0.2, -0.15) is 0 Å². The van der Waals surface area contributed by atoms with E-state index in [-0.39, 0.29) is 5.91 Å². The third-order valence-electron chi connectivity index (χ3n) is 1.86. The van der Waals surface area contributed by atoms with Gasteiger partial charge < -0.3 is 14.5 Å². The van der Waals surface area contributed by atoms with Crippen LogP contribution in [0.25, 0.3) is 0 Å². The van der Waals surface area contributed by atoms with Crippen LogP contribution in [0.5, 0.6) is 0 Å². The molecule has 1 aromatic heterocycles. The molecular formula is C11H14BrNO3. The molecule has 5 heteroatoms. The fraction of sp³-hybridized carbons (Fsp3) is 0.364. The van der Waals surface area contributed by atoms with Gasteiger partial charge in [-0.1, -0.05) is 6.08 Å². The van der Waals surface area contributed by atoms with E-state index in [1.165, 1.54) is 6.26 Å². The van der Waals surface area contributed by atoms with Crippen molar-refractivity contribution in [1.82, 2.24) is 5.32 Å². The van der Waals surface area contributed by atoms with Gasteiger partial charge in [-0.25, -0.2) is 0 Å². The van der Waals surface area contributed by atoms with Crippen LogP contribution in [0.4, 0.5) is 0 Å². The van der Waals surface area contributed by atoms with Gasteiger partial charge in [0.1, 0.15) is 0 Å². The summed E-state index contributed by atoms with van der Waals surface area (Å²) in [5.74, 6) is -0.173. The van der Waals surface area contributed by atoms with E-state index in [2.05, 4.69) is 27.8 Å². The van der Waals surface area contributed by atoms with E-state index in [0.29, 0.717) is 30.0 Å². The summed E-state index contributed by atoms with van der Waals surface area (Å²) in [4.78, 5) is 11.5. The van der Waals surface area contributed by atoms with Crippen LogP contribution < -0.4 is 5.32 Å². The van der Waals surface area contributed by atoms with E-state index in [0.717, 1.165) is 6.42 Å². The Bertz CT molecular complexity index is 349. The van der Waals surface area contributed by atoms with E-state index < -0.39 is 0 Å². The predicted molar refractivity (Wildman–Crippen MR) is 64.4 cm³/mol. The topological polar surface area (TPSA) is 51.5 Å². The van der Waals surface area contributed by atoms with Crippen molar-refractivity contribution in [3.63, 3.8) is 0 Å². The van der Waals surface area contributed by atoms with Gasteiger partial charge in [-0.05, 0) is 28.4 Å². The fourth-order valence-corrected chi connectivity index (χ4v) is 1.48. The molecule has 0 aliphatic heterocycles. The molecule has 1 heterocycles. The summed E-state index contributed by atoms with van der Waals surface area (Å²) in [5.41, 5.74) is 0.492. The molecule has 0 fully saturated rings. The maximum absolute atomic E-state index is 11.5. The maximum atomic E-state index is 11.5. The normalized spacial score (nSPS) is 10.1. The molecule has 1 rings (SSSR count). The second-order valence-corrected chi connectivity index (χ2v) is 3.77. The molecule has 0 radical (unpaired) electrons. The quantitative estimate of drug-likeness (QED) is 0.619. The summed E-state index contributed by atoms with van der Waals surface area (Å²) in [6.07, 6.45) is 4.07. The zero-order chi connectivity index (χ0) is 11.8. The van der Waals surface area contributed by atoms with Gasteiger partial charge >= 0.3 is 0 Å². The molecule has 0 aromatic carbocycles. The smallest absolute Gasteiger partial charge is 0.255 e. The Hall–Kier alpha value is -1.07. The van der Waals surface area contributed by atoms with Crippen molar-refractivity contribution in [1.29, 1.82) is 0 Å². The van der Waals surface area contributed by atoms with Gasteiger partial charge in [-0.3, -0.25) is 4.79 Å². The third-order valence-corrected chi connectivity index (χ3v) is 2.47. The van der Waals surface area contributed by atoms with E-state index in [1.54, 1.807) is 12.1 Å². The lowest BCUT2D eigenvalue weighted by molar-refractivity contribution is 0.0916. The summed E-state index contributed by atoms with van der Waals surface area (Å²) in [6, 6.07) is 1.61. The van der Waals surface area contributed by atoms with Crippen molar-refractivity contribution in [3.8, 4) is 0 Å². The molecule has 1 amide bonds. The van der Waals surface area contributed by atoms with E-state index in [4.69, 9.17) is 9.15 Å². The van der Waals surface area contributed by atoms with Gasteiger partial charge in [0.2, 0.25) is 0 Å². The number of hydrogen-bond donors (Lipinski definition) is 1. The van der Waals surface area contributed by atoms with Crippen LogP contribution in [0.1, 0.15) is 16.8 Å². The molecule has 0 aliphatic carbocycles. The molecule has 4 nitrogen and oxygen atoms in total. The number of hydrogen-bond acceptors (Lipinski definition) is 3. The lowest BCUT2D eigenvalue weighted by atomic mass is 10.3. The van der Waals surface area contributed by atoms with Crippen LogP contribution in [0.15, 0.2) is 34.1 Å². The Morgan fingerprint density at radius 3 is 3.06 bits per heavy atom. The first-order chi connectivity index (χ1) is 7.75. The molecule has 1 N–H and O–H groups in total. The SMILES string of the molecule is C=CCCOCCNC(=O)c1ccoc1Br. The van der Waals surface area contributed by atoms with E-state index in [9.17, 15) is 4.79 Å². The Morgan fingerprint density at radius 1 is 1.62 bits per heavy atom. The third kappa shape index (κ3) is 4.20. The van der Waals surface area contributed by atoms with Crippen molar-refractivity contribution in [2.75, 3.05) is 19.8 Å². The first-order valence-corrected chi connectivity index (χ1v) is 5.75. The first kappa shape index (κ1) is 13.0. The number of halogens is 1. The van der Waals surface area contributed by atoms with Gasteiger partial charge in [-0.15, -0.1) is 6.58 Å². The van der Waals surface area contributed by atoms with Crippen LogP contribution in [-0.2, 0) is 4.74 Å². The standard InChI is InChI=1S/C11H14BrNO3/c1-2-3-6-15-8-5-13-11(14)9-4-7-16-10(9)12/h2,4,7H,1,3,5-6,8H2,(H,13,14). The molecule has 0 atom stereocenters. The molecule has 0 saturated heterocycles. The molecule has 0 aliphatic rings. The molecule has 0 bridgehead atoms. The number of furan rings is 1. The van der Waals surface area contributed by atoms with Crippen LogP contribution in [-0.4, -0.2) is 25.7 Å². The molecule has 1 aromatic rings. The van der Waals surface area contributed by atoms with Crippen LogP contribution in [0, 0.1) is 0 Å². The highest BCUT2D eigenvalue weighted by molar-refractivity contribution is 9.10. The largest absolute Gasteiger partial charge is 0.457 e. The van der Waals surface area contributed by atoms with Gasteiger partial charge in [0.25, 0.3) is 5.91 Å². The Morgan fingerprint density at radius 2 is 2.44 bits per heavy atom. The molecule has 16 heavy (non-hydrogen) atoms. The summed E-state index contributed by atoms with van der Waals surface area (Å²) in [7, 11) is 0. The molecule has 0 unspecified atom stereocenters. The summed E-state index contributed by atoms with van der Waals surface area (Å²) in [5, 5.41) is 2.72.